The van der Waals surface area contributed by atoms with E-state index in [1.54, 1.807) is 12.1 Å². The number of aryl methyl sites for hydroxylation is 2. The Kier molecular flexibility index (Phi) is 4.68. The lowest BCUT2D eigenvalue weighted by molar-refractivity contribution is 0.101. The lowest BCUT2D eigenvalue weighted by atomic mass is 10.2. The van der Waals surface area contributed by atoms with Gasteiger partial charge in [0, 0.05) is 12.7 Å². The number of carbonyl (C=O) groups excluding carboxylic acids is 1. The van der Waals surface area contributed by atoms with Crippen LogP contribution in [0.15, 0.2) is 24.4 Å². The fourth-order valence-electron chi connectivity index (χ4n) is 1.98. The Morgan fingerprint density at radius 2 is 2.20 bits per heavy atom. The Bertz CT molecular complexity index is 614. The molecule has 2 heterocycles. The van der Waals surface area contributed by atoms with Gasteiger partial charge in [-0.15, -0.1) is 0 Å². The molecule has 1 N–H and O–H groups in total. The van der Waals surface area contributed by atoms with Crippen LogP contribution in [0.4, 0.5) is 5.69 Å². The summed E-state index contributed by atoms with van der Waals surface area (Å²) in [7, 11) is 0. The number of amides is 1. The van der Waals surface area contributed by atoms with Crippen molar-refractivity contribution in [1.82, 2.24) is 9.55 Å². The van der Waals surface area contributed by atoms with Crippen LogP contribution in [-0.2, 0) is 6.54 Å². The van der Waals surface area contributed by atoms with Crippen LogP contribution in [0.25, 0.3) is 0 Å². The smallest absolute Gasteiger partial charge is 0.272 e. The summed E-state index contributed by atoms with van der Waals surface area (Å²) >= 11 is 11.8. The van der Waals surface area contributed by atoms with Crippen LogP contribution in [0.1, 0.15) is 29.4 Å². The highest BCUT2D eigenvalue weighted by Gasteiger charge is 2.15. The maximum atomic E-state index is 12.3. The Morgan fingerprint density at radius 3 is 2.85 bits per heavy atom. The lowest BCUT2D eigenvalue weighted by Crippen LogP contribution is -2.18. The number of rotatable bonds is 4. The normalized spacial score (nSPS) is 10.6. The first-order chi connectivity index (χ1) is 9.52. The maximum Gasteiger partial charge on any atom is 0.272 e. The van der Waals surface area contributed by atoms with E-state index in [0.717, 1.165) is 18.5 Å². The first kappa shape index (κ1) is 14.9. The van der Waals surface area contributed by atoms with Crippen molar-refractivity contribution < 1.29 is 4.79 Å². The summed E-state index contributed by atoms with van der Waals surface area (Å²) in [6.45, 7) is 4.67. The van der Waals surface area contributed by atoms with Crippen molar-refractivity contribution in [3.63, 3.8) is 0 Å². The summed E-state index contributed by atoms with van der Waals surface area (Å²) in [6.07, 6.45) is 2.84. The number of anilines is 1. The number of hydrogen-bond acceptors (Lipinski definition) is 2. The predicted molar refractivity (Wildman–Crippen MR) is 81.7 cm³/mol. The van der Waals surface area contributed by atoms with Crippen molar-refractivity contribution in [3.8, 4) is 0 Å². The molecule has 4 nitrogen and oxygen atoms in total. The predicted octanol–water partition coefficient (Wildman–Crippen LogP) is 4.16. The van der Waals surface area contributed by atoms with E-state index in [4.69, 9.17) is 23.2 Å². The molecule has 0 fully saturated rings. The zero-order chi connectivity index (χ0) is 14.7. The molecule has 2 aromatic rings. The molecule has 0 saturated heterocycles. The summed E-state index contributed by atoms with van der Waals surface area (Å²) in [5, 5.41) is 3.29. The van der Waals surface area contributed by atoms with Crippen LogP contribution >= 0.6 is 23.2 Å². The van der Waals surface area contributed by atoms with E-state index in [-0.39, 0.29) is 11.1 Å². The third kappa shape index (κ3) is 3.14. The molecule has 0 unspecified atom stereocenters. The molecule has 0 aliphatic rings. The highest BCUT2D eigenvalue weighted by atomic mass is 35.5. The molecule has 1 amide bonds. The number of hydrogen-bond donors (Lipinski definition) is 1. The Hall–Kier alpha value is -1.52. The van der Waals surface area contributed by atoms with Crippen molar-refractivity contribution >= 4 is 34.8 Å². The van der Waals surface area contributed by atoms with E-state index >= 15 is 0 Å². The van der Waals surface area contributed by atoms with Gasteiger partial charge in [-0.25, -0.2) is 4.98 Å². The van der Waals surface area contributed by atoms with E-state index in [1.807, 2.05) is 23.8 Å². The molecule has 2 rings (SSSR count). The second-order valence-electron chi connectivity index (χ2n) is 4.47. The van der Waals surface area contributed by atoms with Crippen LogP contribution in [0.2, 0.25) is 10.3 Å². The standard InChI is InChI=1S/C14H15Cl2N3O/c1-3-6-19-7-4-5-10(19)14(20)18-12-9(2)8-11(15)17-13(12)16/h4-5,7-8H,3,6H2,1-2H3,(H,18,20). The molecule has 6 heteroatoms. The number of halogens is 2. The molecule has 0 aliphatic carbocycles. The second-order valence-corrected chi connectivity index (χ2v) is 5.21. The van der Waals surface area contributed by atoms with Gasteiger partial charge in [0.05, 0.1) is 5.69 Å². The first-order valence-corrected chi connectivity index (χ1v) is 7.07. The molecule has 0 atom stereocenters. The van der Waals surface area contributed by atoms with Gasteiger partial charge in [-0.3, -0.25) is 4.79 Å². The summed E-state index contributed by atoms with van der Waals surface area (Å²) < 4.78 is 1.90. The van der Waals surface area contributed by atoms with Crippen LogP contribution in [0, 0.1) is 6.92 Å². The minimum atomic E-state index is -0.211. The molecule has 0 bridgehead atoms. The fourth-order valence-corrected chi connectivity index (χ4v) is 2.56. The van der Waals surface area contributed by atoms with E-state index in [0.29, 0.717) is 16.5 Å². The van der Waals surface area contributed by atoms with Gasteiger partial charge in [0.2, 0.25) is 0 Å². The van der Waals surface area contributed by atoms with Crippen LogP contribution < -0.4 is 5.32 Å². The van der Waals surface area contributed by atoms with Crippen LogP contribution in [0.3, 0.4) is 0 Å². The van der Waals surface area contributed by atoms with Gasteiger partial charge in [-0.05, 0) is 37.1 Å². The molecule has 106 valence electrons. The quantitative estimate of drug-likeness (QED) is 0.862. The Labute approximate surface area is 127 Å². The summed E-state index contributed by atoms with van der Waals surface area (Å²) in [4.78, 5) is 16.2. The van der Waals surface area contributed by atoms with Crippen molar-refractivity contribution in [3.05, 3.63) is 46.0 Å². The molecule has 20 heavy (non-hydrogen) atoms. The molecule has 2 aromatic heterocycles. The van der Waals surface area contributed by atoms with E-state index in [1.165, 1.54) is 0 Å². The van der Waals surface area contributed by atoms with Gasteiger partial charge in [0.1, 0.15) is 10.8 Å². The average molecular weight is 312 g/mol. The van der Waals surface area contributed by atoms with Crippen LogP contribution in [-0.4, -0.2) is 15.5 Å². The minimum Gasteiger partial charge on any atom is -0.344 e. The van der Waals surface area contributed by atoms with E-state index in [9.17, 15) is 4.79 Å². The van der Waals surface area contributed by atoms with Crippen molar-refractivity contribution in [2.24, 2.45) is 0 Å². The Balaban J connectivity index is 2.26. The van der Waals surface area contributed by atoms with Gasteiger partial charge in [-0.1, -0.05) is 30.1 Å². The highest BCUT2D eigenvalue weighted by Crippen LogP contribution is 2.26. The van der Waals surface area contributed by atoms with E-state index < -0.39 is 0 Å². The van der Waals surface area contributed by atoms with Crippen molar-refractivity contribution in [1.29, 1.82) is 0 Å². The molecule has 0 aromatic carbocycles. The number of aromatic nitrogens is 2. The molecule has 0 radical (unpaired) electrons. The molecular weight excluding hydrogens is 297 g/mol. The summed E-state index contributed by atoms with van der Waals surface area (Å²) in [5.41, 5.74) is 1.86. The van der Waals surface area contributed by atoms with Gasteiger partial charge in [0.25, 0.3) is 5.91 Å². The second kappa shape index (κ2) is 6.29. The molecule has 0 saturated carbocycles. The number of nitrogens with zero attached hydrogens (tertiary/aromatic N) is 2. The van der Waals surface area contributed by atoms with Crippen molar-refractivity contribution in [2.75, 3.05) is 5.32 Å². The average Bonchev–Trinajstić information content (AvgIpc) is 2.82. The molecule has 0 aliphatic heterocycles. The zero-order valence-corrected chi connectivity index (χ0v) is 12.8. The van der Waals surface area contributed by atoms with Crippen LogP contribution in [0.5, 0.6) is 0 Å². The SMILES string of the molecule is CCCn1cccc1C(=O)Nc1c(C)cc(Cl)nc1Cl. The number of pyridine rings is 1. The van der Waals surface area contributed by atoms with Gasteiger partial charge < -0.3 is 9.88 Å². The summed E-state index contributed by atoms with van der Waals surface area (Å²) in [6, 6.07) is 5.28. The van der Waals surface area contributed by atoms with Crippen molar-refractivity contribution in [2.45, 2.75) is 26.8 Å². The van der Waals surface area contributed by atoms with Gasteiger partial charge in [0.15, 0.2) is 5.15 Å². The van der Waals surface area contributed by atoms with Gasteiger partial charge in [-0.2, -0.15) is 0 Å². The Morgan fingerprint density at radius 1 is 1.45 bits per heavy atom. The topological polar surface area (TPSA) is 46.9 Å². The van der Waals surface area contributed by atoms with E-state index in [2.05, 4.69) is 17.2 Å². The third-order valence-corrected chi connectivity index (χ3v) is 3.37. The minimum absolute atomic E-state index is 0.192. The van der Waals surface area contributed by atoms with Gasteiger partial charge >= 0.3 is 0 Å². The molecule has 0 spiro atoms. The monoisotopic (exact) mass is 311 g/mol. The summed E-state index contributed by atoms with van der Waals surface area (Å²) in [5.74, 6) is -0.211. The first-order valence-electron chi connectivity index (χ1n) is 6.32. The maximum absolute atomic E-state index is 12.3. The largest absolute Gasteiger partial charge is 0.344 e. The highest BCUT2D eigenvalue weighted by molar-refractivity contribution is 6.35. The zero-order valence-electron chi connectivity index (χ0n) is 11.3. The number of carbonyl (C=O) groups is 1. The lowest BCUT2D eigenvalue weighted by Gasteiger charge is -2.12. The molecular formula is C14H15Cl2N3O. The fraction of sp³-hybridized carbons (Fsp3) is 0.286. The number of nitrogens with one attached hydrogen (secondary N) is 1. The third-order valence-electron chi connectivity index (χ3n) is 2.91.